The number of hydrogen-bond acceptors (Lipinski definition) is 6. The highest BCUT2D eigenvalue weighted by Gasteiger charge is 2.40. The molecule has 0 spiro atoms. The van der Waals surface area contributed by atoms with E-state index in [1.54, 1.807) is 0 Å². The van der Waals surface area contributed by atoms with Crippen LogP contribution in [0.15, 0.2) is 24.0 Å². The zero-order valence-electron chi connectivity index (χ0n) is 10.2. The lowest BCUT2D eigenvalue weighted by atomic mass is 9.96. The molecule has 0 unspecified atom stereocenters. The van der Waals surface area contributed by atoms with Crippen molar-refractivity contribution >= 4 is 27.7 Å². The lowest BCUT2D eigenvalue weighted by molar-refractivity contribution is -0.170. The van der Waals surface area contributed by atoms with Crippen LogP contribution in [0.25, 0.3) is 0 Å². The van der Waals surface area contributed by atoms with Crippen molar-refractivity contribution in [1.29, 1.82) is 0 Å². The van der Waals surface area contributed by atoms with Gasteiger partial charge in [0.2, 0.25) is 0 Å². The van der Waals surface area contributed by atoms with Gasteiger partial charge in [-0.05, 0) is 0 Å². The number of sulfone groups is 1. The summed E-state index contributed by atoms with van der Waals surface area (Å²) in [5, 5.41) is 35.5. The van der Waals surface area contributed by atoms with E-state index >= 15 is 0 Å². The second-order valence-corrected chi connectivity index (χ2v) is 5.24. The van der Waals surface area contributed by atoms with Crippen LogP contribution >= 0.6 is 0 Å². The molecule has 0 saturated carbocycles. The Kier molecular flexibility index (Phi) is 8.12. The maximum absolute atomic E-state index is 10.3. The van der Waals surface area contributed by atoms with Crippen LogP contribution in [-0.2, 0) is 24.2 Å². The first-order valence-electron chi connectivity index (χ1n) is 4.79. The first-order valence-corrected chi connectivity index (χ1v) is 6.40. The first kappa shape index (κ1) is 20.1. The molecular formula is C10H14O9S. The third kappa shape index (κ3) is 8.83. The maximum atomic E-state index is 10.3. The number of carbonyl (C=O) groups is 3. The highest BCUT2D eigenvalue weighted by atomic mass is 32.2. The Bertz CT molecular complexity index is 473. The monoisotopic (exact) mass is 310 g/mol. The Labute approximate surface area is 114 Å². The van der Waals surface area contributed by atoms with Gasteiger partial charge in [-0.2, -0.15) is 0 Å². The molecule has 0 heterocycles. The Morgan fingerprint density at radius 2 is 1.25 bits per heavy atom. The van der Waals surface area contributed by atoms with Crippen molar-refractivity contribution in [2.24, 2.45) is 0 Å². The van der Waals surface area contributed by atoms with Gasteiger partial charge in [-0.25, -0.2) is 13.2 Å². The minimum atomic E-state index is -3.13. The van der Waals surface area contributed by atoms with Crippen molar-refractivity contribution in [2.75, 3.05) is 0 Å². The fraction of sp³-hybridized carbons (Fsp3) is 0.300. The second-order valence-electron chi connectivity index (χ2n) is 3.40. The van der Waals surface area contributed by atoms with Crippen molar-refractivity contribution in [2.45, 2.75) is 18.4 Å². The average Bonchev–Trinajstić information content (AvgIpc) is 2.27. The smallest absolute Gasteiger partial charge is 0.336 e. The van der Waals surface area contributed by atoms with Gasteiger partial charge in [0.25, 0.3) is 0 Å². The van der Waals surface area contributed by atoms with Gasteiger partial charge in [0.15, 0.2) is 15.4 Å². The summed E-state index contributed by atoms with van der Waals surface area (Å²) in [5.41, 5.74) is -2.74. The summed E-state index contributed by atoms with van der Waals surface area (Å²) in [6.07, 6.45) is -2.29. The van der Waals surface area contributed by atoms with E-state index in [1.807, 2.05) is 0 Å². The Hall–Kier alpha value is -2.20. The predicted octanol–water partition coefficient (Wildman–Crippen LogP) is -0.560. The van der Waals surface area contributed by atoms with Crippen LogP contribution in [-0.4, -0.2) is 52.4 Å². The summed E-state index contributed by atoms with van der Waals surface area (Å²) in [6, 6.07) is 0. The molecule has 9 nitrogen and oxygen atoms in total. The lowest BCUT2D eigenvalue weighted by Gasteiger charge is -2.18. The highest BCUT2D eigenvalue weighted by Crippen LogP contribution is 2.15. The molecule has 0 aromatic heterocycles. The van der Waals surface area contributed by atoms with E-state index in [0.717, 1.165) is 10.8 Å². The molecule has 0 saturated heterocycles. The van der Waals surface area contributed by atoms with Gasteiger partial charge in [-0.1, -0.05) is 13.2 Å². The number of aliphatic carboxylic acids is 3. The van der Waals surface area contributed by atoms with Crippen LogP contribution in [0.4, 0.5) is 0 Å². The van der Waals surface area contributed by atoms with Crippen LogP contribution in [0.5, 0.6) is 0 Å². The van der Waals surface area contributed by atoms with Gasteiger partial charge in [0.05, 0.1) is 12.8 Å². The number of hydrogen-bond donors (Lipinski definition) is 4. The molecule has 10 heteroatoms. The minimum Gasteiger partial charge on any atom is -0.481 e. The summed E-state index contributed by atoms with van der Waals surface area (Å²) in [6.45, 7) is 6.09. The second kappa shape index (κ2) is 8.07. The van der Waals surface area contributed by atoms with Gasteiger partial charge in [0.1, 0.15) is 0 Å². The molecule has 0 aromatic carbocycles. The zero-order chi connectivity index (χ0) is 16.6. The normalized spacial score (nSPS) is 10.7. The standard InChI is InChI=1S/C6H8O7.C4H6O2S/c7-3(8)1-6(13,5(11)12)2-4(9)10;1-3-7(5,6)4-2/h13H,1-2H2,(H,7,8)(H,9,10)(H,11,12);3-4H,1-2H2. The average molecular weight is 310 g/mol. The summed E-state index contributed by atoms with van der Waals surface area (Å²) in [5.74, 6) is -5.02. The molecule has 0 radical (unpaired) electrons. The fourth-order valence-electron chi connectivity index (χ4n) is 0.782. The highest BCUT2D eigenvalue weighted by molar-refractivity contribution is 7.97. The molecule has 0 amide bonds. The molecule has 0 atom stereocenters. The first-order chi connectivity index (χ1) is 8.90. The Balaban J connectivity index is 0. The van der Waals surface area contributed by atoms with E-state index in [1.165, 1.54) is 0 Å². The molecule has 0 bridgehead atoms. The van der Waals surface area contributed by atoms with Crippen LogP contribution in [0, 0.1) is 0 Å². The largest absolute Gasteiger partial charge is 0.481 e. The minimum absolute atomic E-state index is 0.847. The molecular weight excluding hydrogens is 296 g/mol. The lowest BCUT2D eigenvalue weighted by Crippen LogP contribution is -2.42. The number of carboxylic acid groups (broad SMARTS) is 3. The third-order valence-corrected chi connectivity index (χ3v) is 2.68. The molecule has 0 aliphatic rings. The van der Waals surface area contributed by atoms with Crippen molar-refractivity contribution in [3.05, 3.63) is 24.0 Å². The van der Waals surface area contributed by atoms with Crippen LogP contribution in [0.2, 0.25) is 0 Å². The molecule has 114 valence electrons. The van der Waals surface area contributed by atoms with Crippen LogP contribution in [0.1, 0.15) is 12.8 Å². The summed E-state index contributed by atoms with van der Waals surface area (Å²) >= 11 is 0. The topological polar surface area (TPSA) is 166 Å². The predicted molar refractivity (Wildman–Crippen MR) is 66.4 cm³/mol. The summed E-state index contributed by atoms with van der Waals surface area (Å²) in [7, 11) is -3.13. The summed E-state index contributed by atoms with van der Waals surface area (Å²) < 4.78 is 20.3. The SMILES string of the molecule is C=CS(=O)(=O)C=C.O=C(O)CC(O)(CC(=O)O)C(=O)O. The van der Waals surface area contributed by atoms with Gasteiger partial charge in [-0.15, -0.1) is 0 Å². The number of aliphatic hydroxyl groups is 1. The molecule has 20 heavy (non-hydrogen) atoms. The Morgan fingerprint density at radius 3 is 1.35 bits per heavy atom. The van der Waals surface area contributed by atoms with Crippen molar-refractivity contribution in [1.82, 2.24) is 0 Å². The van der Waals surface area contributed by atoms with Crippen molar-refractivity contribution in [3.8, 4) is 0 Å². The van der Waals surface area contributed by atoms with E-state index < -0.39 is 46.2 Å². The molecule has 0 fully saturated rings. The zero-order valence-corrected chi connectivity index (χ0v) is 11.0. The van der Waals surface area contributed by atoms with Gasteiger partial charge in [0, 0.05) is 10.8 Å². The van der Waals surface area contributed by atoms with Crippen molar-refractivity contribution < 1.29 is 43.2 Å². The summed E-state index contributed by atoms with van der Waals surface area (Å²) in [4.78, 5) is 30.5. The quantitative estimate of drug-likeness (QED) is 0.481. The Morgan fingerprint density at radius 1 is 0.950 bits per heavy atom. The van der Waals surface area contributed by atoms with Gasteiger partial charge < -0.3 is 20.4 Å². The third-order valence-electron chi connectivity index (χ3n) is 1.75. The van der Waals surface area contributed by atoms with E-state index in [4.69, 9.17) is 20.4 Å². The maximum Gasteiger partial charge on any atom is 0.336 e. The van der Waals surface area contributed by atoms with E-state index in [-0.39, 0.29) is 0 Å². The molecule has 4 N–H and O–H groups in total. The molecule has 0 rings (SSSR count). The van der Waals surface area contributed by atoms with Crippen LogP contribution in [0.3, 0.4) is 0 Å². The molecule has 0 aromatic rings. The van der Waals surface area contributed by atoms with E-state index in [9.17, 15) is 22.8 Å². The number of carboxylic acids is 3. The molecule has 0 aliphatic carbocycles. The number of rotatable bonds is 7. The molecule has 0 aliphatic heterocycles. The van der Waals surface area contributed by atoms with Gasteiger partial charge >= 0.3 is 17.9 Å². The van der Waals surface area contributed by atoms with E-state index in [0.29, 0.717) is 0 Å². The van der Waals surface area contributed by atoms with E-state index in [2.05, 4.69) is 13.2 Å². The van der Waals surface area contributed by atoms with Crippen molar-refractivity contribution in [3.63, 3.8) is 0 Å². The van der Waals surface area contributed by atoms with Crippen LogP contribution < -0.4 is 0 Å². The van der Waals surface area contributed by atoms with Gasteiger partial charge in [-0.3, -0.25) is 9.59 Å². The fourth-order valence-corrected chi connectivity index (χ4v) is 0.918.